The number of ether oxygens (including phenoxy) is 1. The van der Waals surface area contributed by atoms with E-state index < -0.39 is 0 Å². The lowest BCUT2D eigenvalue weighted by molar-refractivity contribution is 0.107. The van der Waals surface area contributed by atoms with E-state index in [1.54, 1.807) is 10.7 Å². The standard InChI is InChI=1S/C19H25N5O2S/c25-17-10-13-11-26-9-8-16(13)22-24(17)15-6-4-14(5-7-15)20-19-21-18(23-27-19)12-2-1-3-12/h10,12,14-15H,1-9,11H2,(H,20,21,23). The van der Waals surface area contributed by atoms with Crippen LogP contribution in [0.2, 0.25) is 0 Å². The van der Waals surface area contributed by atoms with Crippen LogP contribution in [0.1, 0.15) is 74.0 Å². The monoisotopic (exact) mass is 387 g/mol. The number of anilines is 1. The highest BCUT2D eigenvalue weighted by Gasteiger charge is 2.27. The highest BCUT2D eigenvalue weighted by molar-refractivity contribution is 7.09. The number of aromatic nitrogens is 4. The molecule has 1 aliphatic heterocycles. The molecule has 7 nitrogen and oxygen atoms in total. The van der Waals surface area contributed by atoms with Crippen LogP contribution in [-0.2, 0) is 17.8 Å². The summed E-state index contributed by atoms with van der Waals surface area (Å²) in [5.74, 6) is 1.61. The summed E-state index contributed by atoms with van der Waals surface area (Å²) in [6.45, 7) is 1.21. The van der Waals surface area contributed by atoms with Gasteiger partial charge in [0.25, 0.3) is 5.56 Å². The van der Waals surface area contributed by atoms with Crippen molar-refractivity contribution in [2.45, 2.75) is 76.0 Å². The lowest BCUT2D eigenvalue weighted by Gasteiger charge is -2.30. The van der Waals surface area contributed by atoms with Gasteiger partial charge in [0.1, 0.15) is 5.82 Å². The SMILES string of the molecule is O=c1cc2c(nn1C1CCC(Nc3nc(C4CCC4)ns3)CC1)CCOC2. The molecular formula is C19H25N5O2S. The normalized spacial score (nSPS) is 25.6. The Morgan fingerprint density at radius 1 is 1.19 bits per heavy atom. The van der Waals surface area contributed by atoms with Crippen molar-refractivity contribution in [1.82, 2.24) is 19.1 Å². The Labute approximate surface area is 162 Å². The van der Waals surface area contributed by atoms with Gasteiger partial charge >= 0.3 is 0 Å². The molecule has 0 radical (unpaired) electrons. The fourth-order valence-corrected chi connectivity index (χ4v) is 4.98. The van der Waals surface area contributed by atoms with Crippen molar-refractivity contribution in [3.63, 3.8) is 0 Å². The third-order valence-corrected chi connectivity index (χ3v) is 6.81. The van der Waals surface area contributed by atoms with Crippen molar-refractivity contribution in [2.24, 2.45) is 0 Å². The van der Waals surface area contributed by atoms with Crippen LogP contribution in [0.5, 0.6) is 0 Å². The summed E-state index contributed by atoms with van der Waals surface area (Å²) in [7, 11) is 0. The van der Waals surface area contributed by atoms with Gasteiger partial charge in [-0.2, -0.15) is 9.47 Å². The molecule has 3 heterocycles. The summed E-state index contributed by atoms with van der Waals surface area (Å²) in [6, 6.07) is 2.32. The molecule has 2 aromatic heterocycles. The first-order chi connectivity index (χ1) is 13.3. The molecule has 0 aromatic carbocycles. The molecule has 0 atom stereocenters. The van der Waals surface area contributed by atoms with Crippen molar-refractivity contribution in [2.75, 3.05) is 11.9 Å². The second-order valence-electron chi connectivity index (χ2n) is 7.94. The topological polar surface area (TPSA) is 81.9 Å². The van der Waals surface area contributed by atoms with Crippen molar-refractivity contribution < 1.29 is 4.74 Å². The average Bonchev–Trinajstić information content (AvgIpc) is 3.08. The summed E-state index contributed by atoms with van der Waals surface area (Å²) in [5, 5.41) is 9.18. The molecule has 0 bridgehead atoms. The Morgan fingerprint density at radius 2 is 2.04 bits per heavy atom. The molecule has 2 saturated carbocycles. The van der Waals surface area contributed by atoms with Gasteiger partial charge in [0.05, 0.1) is 24.9 Å². The Morgan fingerprint density at radius 3 is 2.81 bits per heavy atom. The third kappa shape index (κ3) is 3.52. The van der Waals surface area contributed by atoms with Gasteiger partial charge in [0, 0.05) is 41.5 Å². The maximum atomic E-state index is 12.5. The molecule has 0 amide bonds. The minimum atomic E-state index is 0.00456. The maximum Gasteiger partial charge on any atom is 0.267 e. The number of rotatable bonds is 4. The van der Waals surface area contributed by atoms with E-state index in [0.717, 1.165) is 54.3 Å². The van der Waals surface area contributed by atoms with Gasteiger partial charge in [0.15, 0.2) is 0 Å². The lowest BCUT2D eigenvalue weighted by atomic mass is 9.85. The van der Waals surface area contributed by atoms with Crippen LogP contribution in [0.3, 0.4) is 0 Å². The van der Waals surface area contributed by atoms with Crippen LogP contribution >= 0.6 is 11.5 Å². The van der Waals surface area contributed by atoms with Crippen molar-refractivity contribution in [1.29, 1.82) is 0 Å². The molecular weight excluding hydrogens is 362 g/mol. The van der Waals surface area contributed by atoms with E-state index in [-0.39, 0.29) is 11.6 Å². The summed E-state index contributed by atoms with van der Waals surface area (Å²) in [4.78, 5) is 17.2. The highest BCUT2D eigenvalue weighted by atomic mass is 32.1. The average molecular weight is 388 g/mol. The Balaban J connectivity index is 1.21. The maximum absolute atomic E-state index is 12.5. The van der Waals surface area contributed by atoms with E-state index in [0.29, 0.717) is 25.2 Å². The fraction of sp³-hybridized carbons (Fsp3) is 0.684. The van der Waals surface area contributed by atoms with E-state index in [2.05, 4.69) is 19.8 Å². The second kappa shape index (κ2) is 7.31. The molecule has 3 aliphatic rings. The lowest BCUT2D eigenvalue weighted by Crippen LogP contribution is -2.35. The molecule has 27 heavy (non-hydrogen) atoms. The van der Waals surface area contributed by atoms with Crippen LogP contribution < -0.4 is 10.9 Å². The van der Waals surface area contributed by atoms with Gasteiger partial charge in [-0.3, -0.25) is 4.79 Å². The minimum Gasteiger partial charge on any atom is -0.376 e. The number of hydrogen-bond donors (Lipinski definition) is 1. The van der Waals surface area contributed by atoms with Gasteiger partial charge in [-0.05, 0) is 38.5 Å². The zero-order valence-corrected chi connectivity index (χ0v) is 16.2. The van der Waals surface area contributed by atoms with E-state index in [1.807, 2.05) is 0 Å². The van der Waals surface area contributed by atoms with Crippen molar-refractivity contribution >= 4 is 16.7 Å². The molecule has 0 spiro atoms. The summed E-state index contributed by atoms with van der Waals surface area (Å²) >= 11 is 1.48. The number of fused-ring (bicyclic) bond motifs is 1. The molecule has 0 saturated heterocycles. The molecule has 2 aromatic rings. The van der Waals surface area contributed by atoms with Gasteiger partial charge in [-0.25, -0.2) is 9.67 Å². The number of nitrogens with zero attached hydrogens (tertiary/aromatic N) is 4. The predicted octanol–water partition coefficient (Wildman–Crippen LogP) is 3.03. The summed E-state index contributed by atoms with van der Waals surface area (Å²) in [6.07, 6.45) is 8.55. The van der Waals surface area contributed by atoms with Crippen LogP contribution in [0.25, 0.3) is 0 Å². The highest BCUT2D eigenvalue weighted by Crippen LogP contribution is 2.36. The molecule has 5 rings (SSSR count). The van der Waals surface area contributed by atoms with Crippen LogP contribution in [-0.4, -0.2) is 31.8 Å². The zero-order chi connectivity index (χ0) is 18.2. The summed E-state index contributed by atoms with van der Waals surface area (Å²) in [5.41, 5.74) is 1.99. The van der Waals surface area contributed by atoms with Crippen molar-refractivity contribution in [3.8, 4) is 0 Å². The number of nitrogens with one attached hydrogen (secondary N) is 1. The van der Waals surface area contributed by atoms with E-state index in [4.69, 9.17) is 4.74 Å². The van der Waals surface area contributed by atoms with Crippen LogP contribution in [0.4, 0.5) is 5.13 Å². The van der Waals surface area contributed by atoms with Crippen LogP contribution in [0, 0.1) is 0 Å². The smallest absolute Gasteiger partial charge is 0.267 e. The first-order valence-corrected chi connectivity index (χ1v) is 10.8. The quantitative estimate of drug-likeness (QED) is 0.868. The van der Waals surface area contributed by atoms with E-state index in [9.17, 15) is 4.79 Å². The Hall–Kier alpha value is -1.80. The predicted molar refractivity (Wildman–Crippen MR) is 103 cm³/mol. The molecule has 1 N–H and O–H groups in total. The van der Waals surface area contributed by atoms with Gasteiger partial charge in [0.2, 0.25) is 5.13 Å². The summed E-state index contributed by atoms with van der Waals surface area (Å²) < 4.78 is 11.7. The first-order valence-electron chi connectivity index (χ1n) is 10.1. The van der Waals surface area contributed by atoms with Crippen molar-refractivity contribution in [3.05, 3.63) is 33.5 Å². The fourth-order valence-electron chi connectivity index (χ4n) is 4.26. The largest absolute Gasteiger partial charge is 0.376 e. The van der Waals surface area contributed by atoms with Gasteiger partial charge < -0.3 is 10.1 Å². The Kier molecular flexibility index (Phi) is 4.69. The molecule has 144 valence electrons. The molecule has 2 fully saturated rings. The van der Waals surface area contributed by atoms with Gasteiger partial charge in [-0.15, -0.1) is 0 Å². The molecule has 2 aliphatic carbocycles. The third-order valence-electron chi connectivity index (χ3n) is 6.15. The zero-order valence-electron chi connectivity index (χ0n) is 15.4. The first kappa shape index (κ1) is 17.3. The number of hydrogen-bond acceptors (Lipinski definition) is 7. The van der Waals surface area contributed by atoms with Crippen LogP contribution in [0.15, 0.2) is 10.9 Å². The second-order valence-corrected chi connectivity index (χ2v) is 8.69. The minimum absolute atomic E-state index is 0.00456. The van der Waals surface area contributed by atoms with E-state index >= 15 is 0 Å². The molecule has 0 unspecified atom stereocenters. The van der Waals surface area contributed by atoms with Gasteiger partial charge in [-0.1, -0.05) is 6.42 Å². The van der Waals surface area contributed by atoms with E-state index in [1.165, 1.54) is 30.8 Å². The Bertz CT molecular complexity index is 867. The molecule has 8 heteroatoms.